The van der Waals surface area contributed by atoms with Gasteiger partial charge in [-0.25, -0.2) is 4.98 Å². The third-order valence-corrected chi connectivity index (χ3v) is 3.96. The molecule has 132 valence electrons. The van der Waals surface area contributed by atoms with E-state index in [1.807, 2.05) is 4.90 Å². The van der Waals surface area contributed by atoms with Crippen LogP contribution in [0.1, 0.15) is 22.6 Å². The lowest BCUT2D eigenvalue weighted by Crippen LogP contribution is -2.37. The number of aromatic nitrogens is 2. The first kappa shape index (κ1) is 17.1. The molecule has 0 spiro atoms. The Labute approximate surface area is 143 Å². The second kappa shape index (κ2) is 7.42. The van der Waals surface area contributed by atoms with Gasteiger partial charge in [-0.1, -0.05) is 12.1 Å². The van der Waals surface area contributed by atoms with Crippen molar-refractivity contribution in [2.45, 2.75) is 26.0 Å². The summed E-state index contributed by atoms with van der Waals surface area (Å²) >= 11 is 0. The molecule has 1 aliphatic rings. The van der Waals surface area contributed by atoms with Crippen molar-refractivity contribution in [3.63, 3.8) is 0 Å². The third-order valence-electron chi connectivity index (χ3n) is 3.96. The van der Waals surface area contributed by atoms with E-state index in [-0.39, 0.29) is 23.4 Å². The van der Waals surface area contributed by atoms with E-state index in [4.69, 9.17) is 0 Å². The monoisotopic (exact) mass is 348 g/mol. The molecular weight excluding hydrogens is 330 g/mol. The smallest absolute Gasteiger partial charge is 0.387 e. The molecule has 25 heavy (non-hydrogen) atoms. The molecule has 3 rings (SSSR count). The highest BCUT2D eigenvalue weighted by molar-refractivity contribution is 5.92. The number of nitrogens with one attached hydrogen (secondary N) is 1. The van der Waals surface area contributed by atoms with Crippen molar-refractivity contribution in [1.29, 1.82) is 0 Å². The molecule has 1 aromatic carbocycles. The Morgan fingerprint density at radius 3 is 2.84 bits per heavy atom. The number of aryl methyl sites for hydroxylation is 1. The lowest BCUT2D eigenvalue weighted by Gasteiger charge is -2.22. The highest BCUT2D eigenvalue weighted by atomic mass is 19.3. The number of ether oxygens (including phenoxy) is 1. The van der Waals surface area contributed by atoms with Gasteiger partial charge in [-0.3, -0.25) is 9.78 Å². The summed E-state index contributed by atoms with van der Waals surface area (Å²) in [6, 6.07) is 6.55. The van der Waals surface area contributed by atoms with Crippen LogP contribution in [0.3, 0.4) is 0 Å². The molecule has 1 saturated heterocycles. The molecule has 1 aromatic heterocycles. The van der Waals surface area contributed by atoms with E-state index < -0.39 is 6.61 Å². The zero-order chi connectivity index (χ0) is 17.8. The van der Waals surface area contributed by atoms with Gasteiger partial charge >= 0.3 is 6.61 Å². The van der Waals surface area contributed by atoms with Crippen LogP contribution in [0.15, 0.2) is 36.7 Å². The van der Waals surface area contributed by atoms with Crippen LogP contribution in [0, 0.1) is 6.92 Å². The van der Waals surface area contributed by atoms with Crippen LogP contribution < -0.4 is 15.0 Å². The van der Waals surface area contributed by atoms with E-state index in [9.17, 15) is 13.6 Å². The Bertz CT molecular complexity index is 740. The van der Waals surface area contributed by atoms with Crippen molar-refractivity contribution in [2.75, 3.05) is 18.0 Å². The Balaban J connectivity index is 1.64. The van der Waals surface area contributed by atoms with E-state index in [0.29, 0.717) is 25.2 Å². The molecular formula is C17H18F2N4O2. The van der Waals surface area contributed by atoms with Crippen molar-refractivity contribution in [3.8, 4) is 5.75 Å². The minimum atomic E-state index is -2.88. The number of hydrogen-bond acceptors (Lipinski definition) is 5. The average molecular weight is 348 g/mol. The van der Waals surface area contributed by atoms with Gasteiger partial charge in [-0.05, 0) is 25.5 Å². The fourth-order valence-electron chi connectivity index (χ4n) is 2.78. The molecule has 1 amide bonds. The first-order chi connectivity index (χ1) is 12.0. The topological polar surface area (TPSA) is 67.4 Å². The highest BCUT2D eigenvalue weighted by Gasteiger charge is 2.27. The zero-order valence-electron chi connectivity index (χ0n) is 13.7. The molecule has 0 saturated carbocycles. The van der Waals surface area contributed by atoms with Crippen LogP contribution in [0.5, 0.6) is 5.75 Å². The lowest BCUT2D eigenvalue weighted by molar-refractivity contribution is -0.0495. The van der Waals surface area contributed by atoms with Crippen LogP contribution in [0.25, 0.3) is 0 Å². The predicted molar refractivity (Wildman–Crippen MR) is 87.9 cm³/mol. The maximum atomic E-state index is 12.5. The van der Waals surface area contributed by atoms with Crippen LogP contribution >= 0.6 is 0 Å². The molecule has 2 aromatic rings. The maximum Gasteiger partial charge on any atom is 0.387 e. The van der Waals surface area contributed by atoms with Crippen molar-refractivity contribution < 1.29 is 18.3 Å². The number of para-hydroxylation sites is 2. The largest absolute Gasteiger partial charge is 0.433 e. The van der Waals surface area contributed by atoms with E-state index in [1.165, 1.54) is 18.5 Å². The number of hydrogen-bond donors (Lipinski definition) is 1. The van der Waals surface area contributed by atoms with Crippen molar-refractivity contribution in [3.05, 3.63) is 48.0 Å². The second-order valence-electron chi connectivity index (χ2n) is 5.79. The van der Waals surface area contributed by atoms with Crippen LogP contribution in [-0.4, -0.2) is 41.6 Å². The van der Waals surface area contributed by atoms with Gasteiger partial charge in [0.2, 0.25) is 0 Å². The first-order valence-corrected chi connectivity index (χ1v) is 7.91. The molecule has 1 atom stereocenters. The summed E-state index contributed by atoms with van der Waals surface area (Å²) in [6.45, 7) is 0.0601. The third kappa shape index (κ3) is 4.20. The molecule has 0 bridgehead atoms. The number of anilines is 1. The van der Waals surface area contributed by atoms with E-state index in [1.54, 1.807) is 25.1 Å². The number of rotatable bonds is 5. The van der Waals surface area contributed by atoms with Crippen LogP contribution in [0.2, 0.25) is 0 Å². The number of alkyl halides is 2. The van der Waals surface area contributed by atoms with Gasteiger partial charge in [0.15, 0.2) is 0 Å². The maximum absolute atomic E-state index is 12.5. The number of nitrogens with zero attached hydrogens (tertiary/aromatic N) is 3. The molecule has 2 heterocycles. The quantitative estimate of drug-likeness (QED) is 0.899. The van der Waals surface area contributed by atoms with Gasteiger partial charge in [-0.2, -0.15) is 8.78 Å². The Morgan fingerprint density at radius 2 is 2.12 bits per heavy atom. The molecule has 8 heteroatoms. The summed E-state index contributed by atoms with van der Waals surface area (Å²) in [7, 11) is 0. The standard InChI is InChI=1S/C17H18F2N4O2/c1-11-8-21-13(9-20-11)16(24)22-12-6-7-23(10-12)14-4-2-3-5-15(14)25-17(18)19/h2-5,8-9,12,17H,6-7,10H2,1H3,(H,22,24). The van der Waals surface area contributed by atoms with Crippen LogP contribution in [0.4, 0.5) is 14.5 Å². The van der Waals surface area contributed by atoms with Crippen molar-refractivity contribution >= 4 is 11.6 Å². The average Bonchev–Trinajstić information content (AvgIpc) is 3.03. The van der Waals surface area contributed by atoms with Gasteiger partial charge in [-0.15, -0.1) is 0 Å². The highest BCUT2D eigenvalue weighted by Crippen LogP contribution is 2.31. The summed E-state index contributed by atoms with van der Waals surface area (Å²) in [5.41, 5.74) is 1.58. The van der Waals surface area contributed by atoms with E-state index in [0.717, 1.165) is 5.69 Å². The predicted octanol–water partition coefficient (Wildman–Crippen LogP) is 2.40. The van der Waals surface area contributed by atoms with Crippen LogP contribution in [-0.2, 0) is 0 Å². The minimum absolute atomic E-state index is 0.102. The Hall–Kier alpha value is -2.77. The summed E-state index contributed by atoms with van der Waals surface area (Å²) in [6.07, 6.45) is 3.67. The Morgan fingerprint density at radius 1 is 1.32 bits per heavy atom. The minimum Gasteiger partial charge on any atom is -0.433 e. The van der Waals surface area contributed by atoms with E-state index >= 15 is 0 Å². The number of carbonyl (C=O) groups is 1. The molecule has 1 fully saturated rings. The summed E-state index contributed by atoms with van der Waals surface area (Å²) in [5, 5.41) is 2.90. The summed E-state index contributed by atoms with van der Waals surface area (Å²) in [5.74, 6) is -0.162. The number of halogens is 2. The summed E-state index contributed by atoms with van der Waals surface area (Å²) in [4.78, 5) is 22.2. The number of benzene rings is 1. The Kier molecular flexibility index (Phi) is 5.06. The molecule has 0 aliphatic carbocycles. The summed E-state index contributed by atoms with van der Waals surface area (Å²) < 4.78 is 29.7. The van der Waals surface area contributed by atoms with Crippen molar-refractivity contribution in [1.82, 2.24) is 15.3 Å². The van der Waals surface area contributed by atoms with Gasteiger partial charge in [0.1, 0.15) is 11.4 Å². The first-order valence-electron chi connectivity index (χ1n) is 7.91. The molecule has 0 radical (unpaired) electrons. The fourth-order valence-corrected chi connectivity index (χ4v) is 2.78. The number of amides is 1. The second-order valence-corrected chi connectivity index (χ2v) is 5.79. The van der Waals surface area contributed by atoms with Gasteiger partial charge < -0.3 is 15.0 Å². The van der Waals surface area contributed by atoms with E-state index in [2.05, 4.69) is 20.0 Å². The number of carbonyl (C=O) groups excluding carboxylic acids is 1. The normalized spacial score (nSPS) is 17.0. The molecule has 1 N–H and O–H groups in total. The van der Waals surface area contributed by atoms with Crippen molar-refractivity contribution in [2.24, 2.45) is 0 Å². The molecule has 6 nitrogen and oxygen atoms in total. The zero-order valence-corrected chi connectivity index (χ0v) is 13.7. The SMILES string of the molecule is Cc1cnc(C(=O)NC2CCN(c3ccccc3OC(F)F)C2)cn1. The molecule has 1 aliphatic heterocycles. The van der Waals surface area contributed by atoms with Gasteiger partial charge in [0, 0.05) is 25.3 Å². The molecule has 1 unspecified atom stereocenters. The lowest BCUT2D eigenvalue weighted by atomic mass is 10.2. The van der Waals surface area contributed by atoms with Gasteiger partial charge in [0.05, 0.1) is 17.6 Å². The van der Waals surface area contributed by atoms with Gasteiger partial charge in [0.25, 0.3) is 5.91 Å². The fraction of sp³-hybridized carbons (Fsp3) is 0.353.